The molecule has 0 spiro atoms. The minimum Gasteiger partial charge on any atom is -0.465 e. The number of hydrogen-bond acceptors (Lipinski definition) is 5. The van der Waals surface area contributed by atoms with Crippen molar-refractivity contribution in [3.8, 4) is 0 Å². The van der Waals surface area contributed by atoms with Gasteiger partial charge in [0, 0.05) is 6.04 Å². The first-order valence-electron chi connectivity index (χ1n) is 9.46. The minimum absolute atomic E-state index is 0.152. The number of carbonyl (C=O) groups is 3. The van der Waals surface area contributed by atoms with Gasteiger partial charge in [0.05, 0.1) is 16.3 Å². The molecule has 1 aromatic carbocycles. The van der Waals surface area contributed by atoms with Crippen LogP contribution in [0, 0.1) is 5.82 Å². The van der Waals surface area contributed by atoms with Crippen LogP contribution < -0.4 is 5.32 Å². The third-order valence-electron chi connectivity index (χ3n) is 4.45. The molecule has 9 nitrogen and oxygen atoms in total. The normalized spacial score (nSPS) is 13.1. The molecule has 2 rings (SSSR count). The van der Waals surface area contributed by atoms with Crippen molar-refractivity contribution in [1.82, 2.24) is 20.1 Å². The van der Waals surface area contributed by atoms with Gasteiger partial charge in [0.15, 0.2) is 0 Å². The Kier molecular flexibility index (Phi) is 7.54. The number of halogens is 1. The second-order valence-corrected chi connectivity index (χ2v) is 8.10. The molecular formula is C19H25FN4O5S. The topological polar surface area (TPSA) is 123 Å². The number of amides is 4. The van der Waals surface area contributed by atoms with Crippen LogP contribution in [0.5, 0.6) is 0 Å². The van der Waals surface area contributed by atoms with Crippen LogP contribution in [-0.4, -0.2) is 55.4 Å². The summed E-state index contributed by atoms with van der Waals surface area (Å²) >= 11 is 1.18. The van der Waals surface area contributed by atoms with Gasteiger partial charge in [0.2, 0.25) is 0 Å². The van der Waals surface area contributed by atoms with Gasteiger partial charge in [-0.15, -0.1) is 11.3 Å². The molecule has 0 saturated carbocycles. The van der Waals surface area contributed by atoms with Crippen molar-refractivity contribution < 1.29 is 29.0 Å². The maximum absolute atomic E-state index is 13.4. The number of fused-ring (bicyclic) bond motifs is 1. The van der Waals surface area contributed by atoms with Crippen molar-refractivity contribution in [2.24, 2.45) is 0 Å². The second-order valence-electron chi connectivity index (χ2n) is 7.04. The Labute approximate surface area is 177 Å². The number of aromatic nitrogens is 1. The van der Waals surface area contributed by atoms with Crippen LogP contribution in [0.3, 0.4) is 0 Å². The van der Waals surface area contributed by atoms with Crippen molar-refractivity contribution in [3.63, 3.8) is 0 Å². The Balaban J connectivity index is 2.29. The highest BCUT2D eigenvalue weighted by Gasteiger charge is 2.37. The van der Waals surface area contributed by atoms with Crippen LogP contribution in [0.4, 0.5) is 18.8 Å². The molecule has 0 saturated heterocycles. The third-order valence-corrected chi connectivity index (χ3v) is 5.65. The average molecular weight is 440 g/mol. The van der Waals surface area contributed by atoms with Crippen molar-refractivity contribution in [3.05, 3.63) is 29.0 Å². The lowest BCUT2D eigenvalue weighted by Crippen LogP contribution is -2.59. The molecule has 2 atom stereocenters. The minimum atomic E-state index is -1.56. The van der Waals surface area contributed by atoms with Crippen molar-refractivity contribution in [2.45, 2.75) is 58.8 Å². The van der Waals surface area contributed by atoms with E-state index in [0.29, 0.717) is 26.5 Å². The Morgan fingerprint density at radius 2 is 1.87 bits per heavy atom. The lowest BCUT2D eigenvalue weighted by atomic mass is 10.2. The van der Waals surface area contributed by atoms with Crippen LogP contribution >= 0.6 is 11.3 Å². The molecule has 164 valence electrons. The molecule has 0 fully saturated rings. The summed E-state index contributed by atoms with van der Waals surface area (Å²) in [6.45, 7) is 6.61. The zero-order valence-corrected chi connectivity index (χ0v) is 17.9. The maximum Gasteiger partial charge on any atom is 0.417 e. The predicted molar refractivity (Wildman–Crippen MR) is 110 cm³/mol. The van der Waals surface area contributed by atoms with E-state index in [2.05, 4.69) is 10.3 Å². The average Bonchev–Trinajstić information content (AvgIpc) is 3.04. The summed E-state index contributed by atoms with van der Waals surface area (Å²) in [7, 11) is 0. The van der Waals surface area contributed by atoms with Gasteiger partial charge < -0.3 is 15.5 Å². The molecule has 2 aromatic rings. The number of nitrogens with zero attached hydrogens (tertiary/aromatic N) is 3. The first-order chi connectivity index (χ1) is 14.1. The highest BCUT2D eigenvalue weighted by atomic mass is 32.1. The summed E-state index contributed by atoms with van der Waals surface area (Å²) in [5.74, 6) is -0.406. The number of carbonyl (C=O) groups excluding carboxylic acids is 1. The summed E-state index contributed by atoms with van der Waals surface area (Å²) in [6, 6.07) is 1.98. The monoisotopic (exact) mass is 440 g/mol. The highest BCUT2D eigenvalue weighted by molar-refractivity contribution is 7.18. The molecule has 11 heteroatoms. The van der Waals surface area contributed by atoms with E-state index in [0.717, 1.165) is 4.90 Å². The van der Waals surface area contributed by atoms with E-state index in [1.54, 1.807) is 27.7 Å². The smallest absolute Gasteiger partial charge is 0.417 e. The van der Waals surface area contributed by atoms with Crippen LogP contribution in [0.25, 0.3) is 10.2 Å². The number of hydrogen-bond donors (Lipinski definition) is 3. The summed E-state index contributed by atoms with van der Waals surface area (Å²) in [4.78, 5) is 42.2. The molecule has 0 radical (unpaired) electrons. The molecule has 3 N–H and O–H groups in total. The molecule has 30 heavy (non-hydrogen) atoms. The number of benzene rings is 1. The van der Waals surface area contributed by atoms with E-state index < -0.39 is 42.3 Å². The molecule has 0 bridgehead atoms. The fourth-order valence-corrected chi connectivity index (χ4v) is 4.11. The molecule has 1 heterocycles. The first kappa shape index (κ1) is 23.3. The molecule has 4 amide bonds. The van der Waals surface area contributed by atoms with Crippen molar-refractivity contribution in [1.29, 1.82) is 0 Å². The van der Waals surface area contributed by atoms with Gasteiger partial charge in [-0.1, -0.05) is 13.3 Å². The van der Waals surface area contributed by atoms with Gasteiger partial charge >= 0.3 is 18.2 Å². The third kappa shape index (κ3) is 5.15. The lowest BCUT2D eigenvalue weighted by Gasteiger charge is -2.37. The Morgan fingerprint density at radius 1 is 1.20 bits per heavy atom. The lowest BCUT2D eigenvalue weighted by molar-refractivity contribution is 0.0408. The van der Waals surface area contributed by atoms with Crippen LogP contribution in [0.15, 0.2) is 18.2 Å². The van der Waals surface area contributed by atoms with Crippen LogP contribution in [0.1, 0.15) is 51.6 Å². The highest BCUT2D eigenvalue weighted by Crippen LogP contribution is 2.27. The van der Waals surface area contributed by atoms with Gasteiger partial charge in [0.25, 0.3) is 0 Å². The van der Waals surface area contributed by atoms with Crippen LogP contribution in [0.2, 0.25) is 0 Å². The van der Waals surface area contributed by atoms with E-state index in [9.17, 15) is 29.0 Å². The number of nitrogens with one attached hydrogen (secondary N) is 1. The molecule has 0 aliphatic carbocycles. The molecule has 1 aromatic heterocycles. The van der Waals surface area contributed by atoms with E-state index in [-0.39, 0.29) is 6.42 Å². The zero-order valence-electron chi connectivity index (χ0n) is 17.1. The van der Waals surface area contributed by atoms with Gasteiger partial charge in [-0.05, 0) is 45.4 Å². The zero-order chi connectivity index (χ0) is 22.6. The van der Waals surface area contributed by atoms with Gasteiger partial charge in [0.1, 0.15) is 17.0 Å². The second kappa shape index (κ2) is 9.70. The van der Waals surface area contributed by atoms with E-state index in [1.807, 2.05) is 0 Å². The number of imide groups is 1. The Morgan fingerprint density at radius 3 is 2.40 bits per heavy atom. The number of thiazole rings is 1. The molecular weight excluding hydrogens is 415 g/mol. The molecule has 0 unspecified atom stereocenters. The quantitative estimate of drug-likeness (QED) is 0.536. The summed E-state index contributed by atoms with van der Waals surface area (Å²) in [6.07, 6.45) is -3.43. The largest absolute Gasteiger partial charge is 0.465 e. The van der Waals surface area contributed by atoms with E-state index in [4.69, 9.17) is 0 Å². The fourth-order valence-electron chi connectivity index (χ4n) is 3.11. The van der Waals surface area contributed by atoms with Crippen molar-refractivity contribution in [2.75, 3.05) is 0 Å². The predicted octanol–water partition coefficient (Wildman–Crippen LogP) is 4.70. The fraction of sp³-hybridized carbons (Fsp3) is 0.474. The Hall–Kier alpha value is -2.95. The number of rotatable bonds is 7. The molecule has 0 aliphatic rings. The van der Waals surface area contributed by atoms with Crippen molar-refractivity contribution >= 4 is 39.8 Å². The summed E-state index contributed by atoms with van der Waals surface area (Å²) < 4.78 is 14.0. The summed E-state index contributed by atoms with van der Waals surface area (Å²) in [5, 5.41) is 22.3. The summed E-state index contributed by atoms with van der Waals surface area (Å²) in [5.41, 5.74) is 0.563. The van der Waals surface area contributed by atoms with E-state index in [1.165, 1.54) is 29.5 Å². The van der Waals surface area contributed by atoms with Crippen LogP contribution in [-0.2, 0) is 0 Å². The maximum atomic E-state index is 13.4. The van der Waals surface area contributed by atoms with Gasteiger partial charge in [-0.25, -0.2) is 28.7 Å². The van der Waals surface area contributed by atoms with E-state index >= 15 is 0 Å². The molecule has 0 aliphatic heterocycles. The Bertz CT molecular complexity index is 935. The number of carboxylic acid groups (broad SMARTS) is 2. The van der Waals surface area contributed by atoms with Gasteiger partial charge in [-0.2, -0.15) is 0 Å². The number of urea groups is 1. The SMILES string of the molecule is CCC[C@H](N(C(=O)O)C(=O)N[C@H](C)c1nc2ccc(F)cc2s1)N(C(=O)O)C(C)C. The standard InChI is InChI=1S/C19H25FN4O5S/c1-5-6-15(23(10(2)3)18(26)27)24(19(28)29)17(25)21-11(4)16-22-13-8-7-12(20)9-14(13)30-16/h7-11,15H,5-6H2,1-4H3,(H,21,25)(H,26,27)(H,28,29)/t11-,15+/m1/s1. The first-order valence-corrected chi connectivity index (χ1v) is 10.3. The van der Waals surface area contributed by atoms with Gasteiger partial charge in [-0.3, -0.25) is 4.90 Å².